The van der Waals surface area contributed by atoms with E-state index in [-0.39, 0.29) is 29.7 Å². The molecule has 3 N–H and O–H groups in total. The molecule has 1 heterocycles. The number of aromatic nitrogens is 1. The fourth-order valence-electron chi connectivity index (χ4n) is 1.91. The maximum atomic E-state index is 11.9. The summed E-state index contributed by atoms with van der Waals surface area (Å²) in [6.45, 7) is 0.0482. The van der Waals surface area contributed by atoms with Crippen LogP contribution in [0.15, 0.2) is 23.1 Å². The first-order chi connectivity index (χ1) is 8.22. The summed E-state index contributed by atoms with van der Waals surface area (Å²) >= 11 is 0. The number of hydrogen-bond donors (Lipinski definition) is 3. The highest BCUT2D eigenvalue weighted by Crippen LogP contribution is 2.33. The van der Waals surface area contributed by atoms with Crippen molar-refractivity contribution in [2.45, 2.75) is 25.3 Å². The van der Waals surface area contributed by atoms with Gasteiger partial charge in [0.2, 0.25) is 0 Å². The van der Waals surface area contributed by atoms with Crippen molar-refractivity contribution in [3.05, 3.63) is 34.2 Å². The van der Waals surface area contributed by atoms with Gasteiger partial charge in [-0.3, -0.25) is 9.59 Å². The summed E-state index contributed by atoms with van der Waals surface area (Å²) < 4.78 is 0. The van der Waals surface area contributed by atoms with Crippen LogP contribution in [0.5, 0.6) is 0 Å². The molecule has 1 aromatic heterocycles. The van der Waals surface area contributed by atoms with Gasteiger partial charge in [-0.1, -0.05) is 0 Å². The molecule has 5 heteroatoms. The zero-order valence-electron chi connectivity index (χ0n) is 9.48. The second-order valence-electron chi connectivity index (χ2n) is 4.34. The van der Waals surface area contributed by atoms with Gasteiger partial charge < -0.3 is 15.4 Å². The van der Waals surface area contributed by atoms with Crippen LogP contribution in [0, 0.1) is 5.92 Å². The summed E-state index contributed by atoms with van der Waals surface area (Å²) in [7, 11) is 0. The molecule has 0 aromatic carbocycles. The molecule has 2 rings (SSSR count). The molecule has 1 unspecified atom stereocenters. The molecule has 1 aromatic rings. The van der Waals surface area contributed by atoms with Gasteiger partial charge in [0.05, 0.1) is 0 Å². The van der Waals surface area contributed by atoms with Crippen molar-refractivity contribution in [2.24, 2.45) is 5.92 Å². The molecule has 1 fully saturated rings. The molecule has 17 heavy (non-hydrogen) atoms. The van der Waals surface area contributed by atoms with Gasteiger partial charge in [-0.05, 0) is 37.3 Å². The zero-order valence-corrected chi connectivity index (χ0v) is 9.48. The Morgan fingerprint density at radius 2 is 2.35 bits per heavy atom. The van der Waals surface area contributed by atoms with Crippen LogP contribution in [0.2, 0.25) is 0 Å². The van der Waals surface area contributed by atoms with Gasteiger partial charge >= 0.3 is 0 Å². The van der Waals surface area contributed by atoms with E-state index in [1.54, 1.807) is 6.07 Å². The minimum Gasteiger partial charge on any atom is -0.396 e. The number of pyridine rings is 1. The Morgan fingerprint density at radius 3 is 2.94 bits per heavy atom. The minimum absolute atomic E-state index is 0.0212. The second kappa shape index (κ2) is 5.14. The highest BCUT2D eigenvalue weighted by Gasteiger charge is 2.32. The van der Waals surface area contributed by atoms with Crippen LogP contribution < -0.4 is 10.9 Å². The van der Waals surface area contributed by atoms with Gasteiger partial charge in [-0.25, -0.2) is 0 Å². The number of aromatic amines is 1. The number of rotatable bonds is 5. The highest BCUT2D eigenvalue weighted by atomic mass is 16.3. The number of carbonyl (C=O) groups excluding carboxylic acids is 1. The SMILES string of the molecule is O=C(NC(CCO)C1CC1)c1ccc[nH]c1=O. The largest absolute Gasteiger partial charge is 0.396 e. The molecule has 0 aliphatic heterocycles. The number of H-pyrrole nitrogens is 1. The van der Waals surface area contributed by atoms with Crippen LogP contribution in [0.3, 0.4) is 0 Å². The molecule has 1 amide bonds. The number of carbonyl (C=O) groups is 1. The molecule has 0 saturated heterocycles. The van der Waals surface area contributed by atoms with Crippen molar-refractivity contribution in [3.8, 4) is 0 Å². The lowest BCUT2D eigenvalue weighted by Crippen LogP contribution is -2.39. The van der Waals surface area contributed by atoms with E-state index in [9.17, 15) is 9.59 Å². The summed E-state index contributed by atoms with van der Waals surface area (Å²) in [4.78, 5) is 25.8. The van der Waals surface area contributed by atoms with Gasteiger partial charge in [-0.2, -0.15) is 0 Å². The third-order valence-electron chi connectivity index (χ3n) is 3.01. The van der Waals surface area contributed by atoms with Gasteiger partial charge in [0.25, 0.3) is 11.5 Å². The lowest BCUT2D eigenvalue weighted by Gasteiger charge is -2.16. The first kappa shape index (κ1) is 11.9. The van der Waals surface area contributed by atoms with Crippen LogP contribution in [0.25, 0.3) is 0 Å². The van der Waals surface area contributed by atoms with E-state index < -0.39 is 0 Å². The number of hydrogen-bond acceptors (Lipinski definition) is 3. The van der Waals surface area contributed by atoms with E-state index in [0.29, 0.717) is 12.3 Å². The fraction of sp³-hybridized carbons (Fsp3) is 0.500. The molecule has 1 aliphatic rings. The van der Waals surface area contributed by atoms with Crippen LogP contribution in [0.1, 0.15) is 29.6 Å². The van der Waals surface area contributed by atoms with Gasteiger partial charge in [0, 0.05) is 18.8 Å². The quantitative estimate of drug-likeness (QED) is 0.686. The Bertz CT molecular complexity index is 451. The number of aliphatic hydroxyl groups is 1. The van der Waals surface area contributed by atoms with E-state index in [1.165, 1.54) is 12.3 Å². The molecule has 5 nitrogen and oxygen atoms in total. The predicted octanol–water partition coefficient (Wildman–Crippen LogP) is 0.266. The Kier molecular flexibility index (Phi) is 3.58. The van der Waals surface area contributed by atoms with Crippen molar-refractivity contribution < 1.29 is 9.90 Å². The van der Waals surface area contributed by atoms with E-state index >= 15 is 0 Å². The van der Waals surface area contributed by atoms with Crippen LogP contribution in [0.4, 0.5) is 0 Å². The summed E-state index contributed by atoms with van der Waals surface area (Å²) in [5.74, 6) is 0.0890. The molecule has 92 valence electrons. The van der Waals surface area contributed by atoms with Crippen LogP contribution >= 0.6 is 0 Å². The third-order valence-corrected chi connectivity index (χ3v) is 3.01. The van der Waals surface area contributed by atoms with Crippen molar-refractivity contribution in [2.75, 3.05) is 6.61 Å². The minimum atomic E-state index is -0.386. The maximum absolute atomic E-state index is 11.9. The monoisotopic (exact) mass is 236 g/mol. The third kappa shape index (κ3) is 2.94. The standard InChI is InChI=1S/C12H16N2O3/c15-7-5-10(8-3-4-8)14-12(17)9-2-1-6-13-11(9)16/h1-2,6,8,10,15H,3-5,7H2,(H,13,16)(H,14,17). The Morgan fingerprint density at radius 1 is 1.59 bits per heavy atom. The molecule has 1 atom stereocenters. The smallest absolute Gasteiger partial charge is 0.260 e. The number of amides is 1. The van der Waals surface area contributed by atoms with E-state index in [0.717, 1.165) is 12.8 Å². The molecule has 1 saturated carbocycles. The first-order valence-electron chi connectivity index (χ1n) is 5.82. The van der Waals surface area contributed by atoms with Crippen molar-refractivity contribution in [1.29, 1.82) is 0 Å². The highest BCUT2D eigenvalue weighted by molar-refractivity contribution is 5.93. The predicted molar refractivity (Wildman–Crippen MR) is 62.7 cm³/mol. The van der Waals surface area contributed by atoms with Crippen molar-refractivity contribution >= 4 is 5.91 Å². The number of nitrogens with one attached hydrogen (secondary N) is 2. The number of aliphatic hydroxyl groups excluding tert-OH is 1. The topological polar surface area (TPSA) is 82.2 Å². The fourth-order valence-corrected chi connectivity index (χ4v) is 1.91. The Balaban J connectivity index is 2.05. The van der Waals surface area contributed by atoms with Crippen molar-refractivity contribution in [1.82, 2.24) is 10.3 Å². The van der Waals surface area contributed by atoms with Gasteiger partial charge in [-0.15, -0.1) is 0 Å². The summed E-state index contributed by atoms with van der Waals surface area (Å²) in [6.07, 6.45) is 4.19. The summed E-state index contributed by atoms with van der Waals surface area (Å²) in [5, 5.41) is 11.8. The maximum Gasteiger partial charge on any atom is 0.260 e. The van der Waals surface area contributed by atoms with Gasteiger partial charge in [0.1, 0.15) is 5.56 Å². The van der Waals surface area contributed by atoms with Crippen LogP contribution in [-0.2, 0) is 0 Å². The zero-order chi connectivity index (χ0) is 12.3. The van der Waals surface area contributed by atoms with E-state index in [2.05, 4.69) is 10.3 Å². The average Bonchev–Trinajstić information content (AvgIpc) is 3.12. The molecule has 0 bridgehead atoms. The average molecular weight is 236 g/mol. The van der Waals surface area contributed by atoms with Crippen molar-refractivity contribution in [3.63, 3.8) is 0 Å². The second-order valence-corrected chi connectivity index (χ2v) is 4.34. The van der Waals surface area contributed by atoms with E-state index in [4.69, 9.17) is 5.11 Å². The summed E-state index contributed by atoms with van der Waals surface area (Å²) in [5.41, 5.74) is -0.264. The van der Waals surface area contributed by atoms with E-state index in [1.807, 2.05) is 0 Å². The Hall–Kier alpha value is -1.62. The Labute approximate surface area is 98.9 Å². The molecule has 0 radical (unpaired) electrons. The normalized spacial score (nSPS) is 16.5. The molecule has 0 spiro atoms. The molecular formula is C12H16N2O3. The van der Waals surface area contributed by atoms with Gasteiger partial charge in [0.15, 0.2) is 0 Å². The lowest BCUT2D eigenvalue weighted by molar-refractivity contribution is 0.0922. The molecular weight excluding hydrogens is 220 g/mol. The summed E-state index contributed by atoms with van der Waals surface area (Å²) in [6, 6.07) is 3.10. The van der Waals surface area contributed by atoms with Crippen LogP contribution in [-0.4, -0.2) is 28.6 Å². The molecule has 1 aliphatic carbocycles. The first-order valence-corrected chi connectivity index (χ1v) is 5.82. The lowest BCUT2D eigenvalue weighted by atomic mass is 10.1.